The zero-order valence-corrected chi connectivity index (χ0v) is 33.8. The first-order chi connectivity index (χ1) is 28.0. The smallest absolute Gasteiger partial charge is 0.299 e. The van der Waals surface area contributed by atoms with Crippen molar-refractivity contribution in [3.8, 4) is 0 Å². The second-order valence-electron chi connectivity index (χ2n) is 13.5. The highest BCUT2D eigenvalue weighted by atomic mass is 16.5. The second-order valence-corrected chi connectivity index (χ2v) is 13.5. The standard InChI is InChI=1S/C44H46N10O4/c1-51(2)41(45-31-21-13-9-14-22-31)55-37-29-35(39(49-37)57-43(53(5)6)47-33-25-17-11-18-26-33)36-30-38(56-42(52(3)4)46-32-23-15-10-16-24-32)50-40(36)58-44(54(7)8)48-34-27-19-12-20-28-34/h9-30H,1-8H3/b36-35+,45-41?,46-42?,47-43?,48-44?. The molecule has 4 aromatic carbocycles. The molecule has 0 N–H and O–H groups in total. The molecule has 0 spiro atoms. The predicted molar refractivity (Wildman–Crippen MR) is 231 cm³/mol. The van der Waals surface area contributed by atoms with Crippen molar-refractivity contribution in [3.63, 3.8) is 0 Å². The fraction of sp³-hybridized carbons (Fsp3) is 0.182. The number of benzene rings is 4. The van der Waals surface area contributed by atoms with E-state index in [1.165, 1.54) is 0 Å². The molecule has 0 fully saturated rings. The summed E-state index contributed by atoms with van der Waals surface area (Å²) >= 11 is 0. The highest BCUT2D eigenvalue weighted by Crippen LogP contribution is 2.30. The van der Waals surface area contributed by atoms with Crippen LogP contribution in [0.25, 0.3) is 0 Å². The Bertz CT molecular complexity index is 2160. The number of para-hydroxylation sites is 4. The largest absolute Gasteiger partial charge is 0.407 e. The maximum absolute atomic E-state index is 6.55. The van der Waals surface area contributed by atoms with Gasteiger partial charge in [0.15, 0.2) is 0 Å². The molecule has 0 atom stereocenters. The van der Waals surface area contributed by atoms with E-state index >= 15 is 0 Å². The average Bonchev–Trinajstić information content (AvgIpc) is 3.80. The van der Waals surface area contributed by atoms with Crippen molar-refractivity contribution in [2.45, 2.75) is 0 Å². The summed E-state index contributed by atoms with van der Waals surface area (Å²) in [5.74, 6) is 0.729. The van der Waals surface area contributed by atoms with Crippen LogP contribution in [0.5, 0.6) is 0 Å². The quantitative estimate of drug-likeness (QED) is 0.143. The van der Waals surface area contributed by atoms with Gasteiger partial charge in [-0.25, -0.2) is 0 Å². The Balaban J connectivity index is 1.50. The molecule has 296 valence electrons. The fourth-order valence-electron chi connectivity index (χ4n) is 5.07. The highest BCUT2D eigenvalue weighted by molar-refractivity contribution is 6.15. The Hall–Kier alpha value is -7.48. The van der Waals surface area contributed by atoms with Crippen LogP contribution >= 0.6 is 0 Å². The zero-order chi connectivity index (χ0) is 41.0. The van der Waals surface area contributed by atoms with E-state index in [0.29, 0.717) is 45.9 Å². The highest BCUT2D eigenvalue weighted by Gasteiger charge is 2.32. The first kappa shape index (κ1) is 40.2. The minimum atomic E-state index is 0.164. The van der Waals surface area contributed by atoms with Crippen molar-refractivity contribution in [1.82, 2.24) is 19.6 Å². The van der Waals surface area contributed by atoms with Gasteiger partial charge < -0.3 is 38.5 Å². The second kappa shape index (κ2) is 18.9. The summed E-state index contributed by atoms with van der Waals surface area (Å²) in [7, 11) is 14.7. The van der Waals surface area contributed by atoms with Gasteiger partial charge in [-0.3, -0.25) is 0 Å². The summed E-state index contributed by atoms with van der Waals surface area (Å²) in [4.78, 5) is 35.7. The Labute approximate surface area is 339 Å². The fourth-order valence-corrected chi connectivity index (χ4v) is 5.07. The molecule has 14 heteroatoms. The molecule has 58 heavy (non-hydrogen) atoms. The Morgan fingerprint density at radius 2 is 0.603 bits per heavy atom. The lowest BCUT2D eigenvalue weighted by Crippen LogP contribution is -2.29. The number of amidine groups is 4. The van der Waals surface area contributed by atoms with Crippen LogP contribution in [0.15, 0.2) is 186 Å². The van der Waals surface area contributed by atoms with E-state index < -0.39 is 0 Å². The van der Waals surface area contributed by atoms with E-state index in [0.717, 1.165) is 0 Å². The van der Waals surface area contributed by atoms with Gasteiger partial charge in [-0.15, -0.1) is 0 Å². The minimum absolute atomic E-state index is 0.164. The number of nitrogens with zero attached hydrogens (tertiary/aromatic N) is 10. The van der Waals surface area contributed by atoms with Crippen LogP contribution in [-0.2, 0) is 18.9 Å². The minimum Gasteiger partial charge on any atom is -0.407 e. The maximum Gasteiger partial charge on any atom is 0.299 e. The van der Waals surface area contributed by atoms with E-state index in [1.54, 1.807) is 31.8 Å². The van der Waals surface area contributed by atoms with E-state index in [-0.39, 0.29) is 35.6 Å². The van der Waals surface area contributed by atoms with Gasteiger partial charge in [0.1, 0.15) is 0 Å². The van der Waals surface area contributed by atoms with E-state index in [2.05, 4.69) is 0 Å². The van der Waals surface area contributed by atoms with Crippen LogP contribution in [0, 0.1) is 0 Å². The monoisotopic (exact) mass is 778 g/mol. The summed E-state index contributed by atoms with van der Waals surface area (Å²) in [6.45, 7) is 0. The van der Waals surface area contributed by atoms with Gasteiger partial charge in [0, 0.05) is 68.5 Å². The average molecular weight is 779 g/mol. The molecular weight excluding hydrogens is 733 g/mol. The van der Waals surface area contributed by atoms with Crippen LogP contribution in [-0.4, -0.2) is 112 Å². The van der Waals surface area contributed by atoms with Gasteiger partial charge in [0.25, 0.3) is 24.1 Å². The molecule has 0 aromatic heterocycles. The number of rotatable bonds is 6. The predicted octanol–water partition coefficient (Wildman–Crippen LogP) is 7.85. The summed E-state index contributed by atoms with van der Waals surface area (Å²) in [6, 6.07) is 39.2. The van der Waals surface area contributed by atoms with Crippen LogP contribution in [0.1, 0.15) is 0 Å². The molecular formula is C44H46N10O4. The molecule has 0 radical (unpaired) electrons. The lowest BCUT2D eigenvalue weighted by molar-refractivity contribution is 0.338. The molecule has 2 heterocycles. The molecule has 0 amide bonds. The third kappa shape index (κ3) is 10.8. The zero-order valence-electron chi connectivity index (χ0n) is 33.8. The van der Waals surface area contributed by atoms with Gasteiger partial charge in [-0.1, -0.05) is 72.8 Å². The van der Waals surface area contributed by atoms with Crippen LogP contribution in [0.3, 0.4) is 0 Å². The van der Waals surface area contributed by atoms with E-state index in [4.69, 9.17) is 48.9 Å². The summed E-state index contributed by atoms with van der Waals surface area (Å²) in [6.07, 6.45) is 3.47. The topological polar surface area (TPSA) is 124 Å². The van der Waals surface area contributed by atoms with Crippen LogP contribution in [0.2, 0.25) is 0 Å². The molecule has 0 aliphatic carbocycles. The van der Waals surface area contributed by atoms with Gasteiger partial charge in [-0.05, 0) is 48.5 Å². The van der Waals surface area contributed by atoms with Crippen LogP contribution in [0.4, 0.5) is 22.7 Å². The van der Waals surface area contributed by atoms with Gasteiger partial charge in [0.2, 0.25) is 23.6 Å². The molecule has 0 unspecified atom stereocenters. The lowest BCUT2D eigenvalue weighted by Gasteiger charge is -2.18. The van der Waals surface area contributed by atoms with Crippen molar-refractivity contribution in [2.24, 2.45) is 30.0 Å². The summed E-state index contributed by atoms with van der Waals surface area (Å²) in [5, 5.41) is 0. The Kier molecular flexibility index (Phi) is 13.1. The molecule has 2 aliphatic heterocycles. The SMILES string of the molecule is CN(C)C(=Nc1ccccc1)OC1=C/C(=C2/C=C(OC(=Nc3ccccc3)N(C)C)N=C2OC(=Nc2ccccc2)N(C)C)C(OC(=Nc2ccccc2)N(C)C)=N1. The maximum atomic E-state index is 6.55. The van der Waals surface area contributed by atoms with Crippen molar-refractivity contribution < 1.29 is 18.9 Å². The van der Waals surface area contributed by atoms with Crippen molar-refractivity contribution in [1.29, 1.82) is 0 Å². The van der Waals surface area contributed by atoms with E-state index in [1.807, 2.05) is 178 Å². The molecule has 2 aliphatic rings. The molecule has 4 aromatic rings. The molecule has 0 saturated carbocycles. The van der Waals surface area contributed by atoms with Crippen LogP contribution < -0.4 is 0 Å². The lowest BCUT2D eigenvalue weighted by atomic mass is 10.1. The summed E-state index contributed by atoms with van der Waals surface area (Å²) in [5.41, 5.74) is 3.74. The number of ether oxygens (including phenoxy) is 4. The van der Waals surface area contributed by atoms with E-state index in [9.17, 15) is 0 Å². The third-order valence-electron chi connectivity index (χ3n) is 7.93. The van der Waals surface area contributed by atoms with Crippen molar-refractivity contribution in [2.75, 3.05) is 56.4 Å². The van der Waals surface area contributed by atoms with Crippen molar-refractivity contribution >= 4 is 58.6 Å². The Morgan fingerprint density at radius 1 is 0.362 bits per heavy atom. The number of hydrogen-bond donors (Lipinski definition) is 0. The van der Waals surface area contributed by atoms with Gasteiger partial charge in [-0.2, -0.15) is 30.0 Å². The normalized spacial score (nSPS) is 15.9. The van der Waals surface area contributed by atoms with Gasteiger partial charge >= 0.3 is 0 Å². The molecule has 0 saturated heterocycles. The van der Waals surface area contributed by atoms with Crippen molar-refractivity contribution in [3.05, 3.63) is 156 Å². The molecule has 6 rings (SSSR count). The summed E-state index contributed by atoms with van der Waals surface area (Å²) < 4.78 is 25.8. The number of aliphatic imine (C=N–C) groups is 6. The first-order valence-corrected chi connectivity index (χ1v) is 18.3. The van der Waals surface area contributed by atoms with Gasteiger partial charge in [0.05, 0.1) is 33.9 Å². The molecule has 14 nitrogen and oxygen atoms in total. The Morgan fingerprint density at radius 3 is 0.845 bits per heavy atom. The third-order valence-corrected chi connectivity index (χ3v) is 7.93. The molecule has 0 bridgehead atoms. The number of hydrogen-bond acceptors (Lipinski definition) is 10. The first-order valence-electron chi connectivity index (χ1n) is 18.3.